The van der Waals surface area contributed by atoms with Crippen LogP contribution in [-0.4, -0.2) is 68.9 Å². The number of carbonyl (C=O) groups excluding carboxylic acids is 2. The molecule has 5 aromatic heterocycles. The number of aryl methyl sites for hydroxylation is 1. The second-order valence-corrected chi connectivity index (χ2v) is 30.6. The second kappa shape index (κ2) is 30.3. The van der Waals surface area contributed by atoms with Gasteiger partial charge in [-0.1, -0.05) is 178 Å². The van der Waals surface area contributed by atoms with Crippen LogP contribution < -0.4 is 5.32 Å². The van der Waals surface area contributed by atoms with Gasteiger partial charge in [-0.25, -0.2) is 4.79 Å². The molecule has 0 spiro atoms. The number of rotatable bonds is 12. The molecule has 0 bridgehead atoms. The van der Waals surface area contributed by atoms with Crippen molar-refractivity contribution in [2.24, 2.45) is 0 Å². The summed E-state index contributed by atoms with van der Waals surface area (Å²) in [6.45, 7) is 52.1. The third-order valence-corrected chi connectivity index (χ3v) is 16.7. The van der Waals surface area contributed by atoms with E-state index in [0.29, 0.717) is 25.5 Å². The van der Waals surface area contributed by atoms with Gasteiger partial charge in [0.05, 0.1) is 19.6 Å². The lowest BCUT2D eigenvalue weighted by Gasteiger charge is -2.19. The van der Waals surface area contributed by atoms with Gasteiger partial charge < -0.3 is 44.4 Å². The molecule has 1 atom stereocenters. The molecule has 1 amide bonds. The smallest absolute Gasteiger partial charge is 0.407 e. The number of ether oxygens (including phenoxy) is 3. The third kappa shape index (κ3) is 20.8. The molecule has 6 N–H and O–H groups in total. The van der Waals surface area contributed by atoms with Gasteiger partial charge in [0.2, 0.25) is 0 Å². The monoisotopic (exact) mass is 1240 g/mol. The summed E-state index contributed by atoms with van der Waals surface area (Å²) < 4.78 is 15.6. The van der Waals surface area contributed by atoms with Gasteiger partial charge in [0.1, 0.15) is 5.60 Å². The van der Waals surface area contributed by atoms with Crippen LogP contribution in [-0.2, 0) is 65.3 Å². The first-order chi connectivity index (χ1) is 42.4. The number of carbonyl (C=O) groups is 2. The molecule has 10 aromatic rings. The Bertz CT molecular complexity index is 3970. The Hall–Kier alpha value is -7.50. The van der Waals surface area contributed by atoms with Crippen molar-refractivity contribution in [1.82, 2.24) is 30.2 Å². The molecule has 1 unspecified atom stereocenters. The van der Waals surface area contributed by atoms with E-state index < -0.39 is 5.60 Å². The summed E-state index contributed by atoms with van der Waals surface area (Å²) in [5.74, 6) is 0.451. The highest BCUT2D eigenvalue weighted by molar-refractivity contribution is 5.89. The van der Waals surface area contributed by atoms with Crippen LogP contribution in [0.2, 0.25) is 0 Å². The maximum atomic E-state index is 11.7. The van der Waals surface area contributed by atoms with E-state index in [1.54, 1.807) is 0 Å². The average Bonchev–Trinajstić information content (AvgIpc) is 1.88. The van der Waals surface area contributed by atoms with Crippen LogP contribution in [0.15, 0.2) is 122 Å². The maximum absolute atomic E-state index is 11.7. The minimum Gasteiger partial charge on any atom is -0.466 e. The number of H-pyrrole nitrogens is 5. The highest BCUT2D eigenvalue weighted by atomic mass is 16.6. The van der Waals surface area contributed by atoms with Crippen molar-refractivity contribution < 1.29 is 23.8 Å². The second-order valence-electron chi connectivity index (χ2n) is 30.6. The summed E-state index contributed by atoms with van der Waals surface area (Å²) in [4.78, 5) is 39.9. The summed E-state index contributed by atoms with van der Waals surface area (Å²) in [5, 5.41) is 9.12. The zero-order chi connectivity index (χ0) is 67.4. The Balaban J connectivity index is 0.000000182. The Morgan fingerprint density at radius 1 is 0.473 bits per heavy atom. The largest absolute Gasteiger partial charge is 0.466 e. The van der Waals surface area contributed by atoms with Crippen LogP contribution in [0.5, 0.6) is 0 Å². The van der Waals surface area contributed by atoms with E-state index in [9.17, 15) is 9.59 Å². The van der Waals surface area contributed by atoms with Gasteiger partial charge in [0, 0.05) is 92.8 Å². The highest BCUT2D eigenvalue weighted by Gasteiger charge is 2.21. The van der Waals surface area contributed by atoms with E-state index >= 15 is 0 Å². The fourth-order valence-electron chi connectivity index (χ4n) is 10.8. The lowest BCUT2D eigenvalue weighted by atomic mass is 9.86. The first kappa shape index (κ1) is 72.6. The van der Waals surface area contributed by atoms with Gasteiger partial charge in [0.15, 0.2) is 0 Å². The fourth-order valence-corrected chi connectivity index (χ4v) is 10.8. The van der Waals surface area contributed by atoms with Gasteiger partial charge in [-0.2, -0.15) is 0 Å². The van der Waals surface area contributed by atoms with Crippen molar-refractivity contribution in [1.29, 1.82) is 0 Å². The molecule has 0 fully saturated rings. The standard InChI is InChI=1S/C19H28N2O2.C16H21NO2.C16H23NO.C16H23N.C13H17N/c1-18(2,3)14-7-8-15-13(12-21-16(15)11-14)9-10-20-17(22)23-19(4,5)6;1-5-19-15(18)8-11-10-17-14-9-12(16(2,3)4)6-7-13(11)14;1-5-18-9-8-12-11-17-15-10-13(16(2,3)4)6-7-14(12)15;1-6-11(2)14-10-17-15-9-12(16(3,4)5)7-8-13(14)15;1-9-7-10-5-6-11(13(2,3)4)8-12(10)14-9/h7-8,11-12,21H,9-10H2,1-6H3,(H,20,22);6-7,9-10,17H,5,8H2,1-4H3;6-7,10-11,17H,5,8-9H2,1-4H3;7-11,17H,6H2,1-5H3;5-8,14H,1-4H3. The molecule has 0 aliphatic rings. The van der Waals surface area contributed by atoms with Gasteiger partial charge >= 0.3 is 12.1 Å². The first-order valence-electron chi connectivity index (χ1n) is 33.1. The van der Waals surface area contributed by atoms with Crippen molar-refractivity contribution in [2.75, 3.05) is 26.4 Å². The van der Waals surface area contributed by atoms with Gasteiger partial charge in [-0.05, 0) is 186 Å². The minimum atomic E-state index is -0.464. The van der Waals surface area contributed by atoms with Crippen molar-refractivity contribution in [3.05, 3.63) is 178 Å². The van der Waals surface area contributed by atoms with Gasteiger partial charge in [0.25, 0.3) is 0 Å². The highest BCUT2D eigenvalue weighted by Crippen LogP contribution is 2.34. The van der Waals surface area contributed by atoms with Gasteiger partial charge in [-0.15, -0.1) is 0 Å². The van der Waals surface area contributed by atoms with Crippen molar-refractivity contribution in [3.8, 4) is 0 Å². The molecule has 0 radical (unpaired) electrons. The van der Waals surface area contributed by atoms with E-state index in [2.05, 4.69) is 264 Å². The number of hydrogen-bond acceptors (Lipinski definition) is 5. The van der Waals surface area contributed by atoms with E-state index in [0.717, 1.165) is 48.0 Å². The number of aromatic amines is 5. The molecular weight excluding hydrogens is 1120 g/mol. The predicted molar refractivity (Wildman–Crippen MR) is 387 cm³/mol. The van der Waals surface area contributed by atoms with Crippen LogP contribution in [0.25, 0.3) is 54.5 Å². The molecule has 492 valence electrons. The Morgan fingerprint density at radius 3 is 1.30 bits per heavy atom. The Morgan fingerprint density at radius 2 is 0.868 bits per heavy atom. The lowest BCUT2D eigenvalue weighted by molar-refractivity contribution is -0.142. The van der Waals surface area contributed by atoms with Crippen molar-refractivity contribution >= 4 is 66.6 Å². The summed E-state index contributed by atoms with van der Waals surface area (Å²) in [6, 6.07) is 35.3. The summed E-state index contributed by atoms with van der Waals surface area (Å²) >= 11 is 0. The van der Waals surface area contributed by atoms with E-state index in [4.69, 9.17) is 14.2 Å². The number of alkyl carbamates (subject to hydrolysis) is 1. The molecular formula is C80H112N6O5. The van der Waals surface area contributed by atoms with E-state index in [1.165, 1.54) is 94.7 Å². The predicted octanol–water partition coefficient (Wildman–Crippen LogP) is 20.9. The minimum absolute atomic E-state index is 0.126. The zero-order valence-corrected chi connectivity index (χ0v) is 59.8. The number of hydrogen-bond donors (Lipinski definition) is 6. The maximum Gasteiger partial charge on any atom is 0.407 e. The molecule has 5 aromatic carbocycles. The molecule has 10 rings (SSSR count). The number of nitrogens with one attached hydrogen (secondary N) is 6. The molecule has 11 nitrogen and oxygen atoms in total. The number of esters is 1. The van der Waals surface area contributed by atoms with Crippen LogP contribution in [0.3, 0.4) is 0 Å². The Labute approximate surface area is 545 Å². The zero-order valence-electron chi connectivity index (χ0n) is 59.8. The van der Waals surface area contributed by atoms with Crippen molar-refractivity contribution in [3.63, 3.8) is 0 Å². The third-order valence-electron chi connectivity index (χ3n) is 16.7. The van der Waals surface area contributed by atoms with Crippen LogP contribution in [0, 0.1) is 6.92 Å². The number of fused-ring (bicyclic) bond motifs is 5. The van der Waals surface area contributed by atoms with Crippen molar-refractivity contribution in [2.45, 2.75) is 224 Å². The molecule has 91 heavy (non-hydrogen) atoms. The molecule has 0 aliphatic heterocycles. The van der Waals surface area contributed by atoms with E-state index in [1.807, 2.05) is 47.0 Å². The molecule has 5 heterocycles. The summed E-state index contributed by atoms with van der Waals surface area (Å²) in [5.41, 5.74) is 19.4. The molecule has 0 saturated carbocycles. The normalized spacial score (nSPS) is 12.6. The summed E-state index contributed by atoms with van der Waals surface area (Å²) in [6.07, 6.45) is 11.1. The molecule has 0 saturated heterocycles. The summed E-state index contributed by atoms with van der Waals surface area (Å²) in [7, 11) is 0. The number of benzene rings is 5. The molecule has 0 aliphatic carbocycles. The number of amides is 1. The number of aromatic nitrogens is 5. The van der Waals surface area contributed by atoms with Crippen LogP contribution in [0.4, 0.5) is 4.79 Å². The topological polar surface area (TPSA) is 153 Å². The van der Waals surface area contributed by atoms with Crippen LogP contribution >= 0.6 is 0 Å². The average molecular weight is 1240 g/mol. The van der Waals surface area contributed by atoms with E-state index in [-0.39, 0.29) is 39.1 Å². The SMILES string of the molecule is CC(C)(C)OC(=O)NCCc1c[nH]c2cc(C(C)(C)C)ccc12.CCC(C)c1c[nH]c2cc(C(C)(C)C)ccc12.CCOC(=O)Cc1c[nH]c2cc(C(C)(C)C)ccc12.CCOCCc1c[nH]c2cc(C(C)(C)C)ccc12.Cc1cc2ccc(C(C)(C)C)cc2[nH]1. The first-order valence-corrected chi connectivity index (χ1v) is 33.1. The molecule has 11 heteroatoms. The lowest BCUT2D eigenvalue weighted by Crippen LogP contribution is -2.33. The Kier molecular flexibility index (Phi) is 24.2. The quantitative estimate of drug-likeness (QED) is 0.0531. The van der Waals surface area contributed by atoms with Crippen LogP contribution in [0.1, 0.15) is 220 Å². The van der Waals surface area contributed by atoms with Gasteiger partial charge in [-0.3, -0.25) is 4.79 Å². The fraction of sp³-hybridized carbons (Fsp3) is 0.475.